The number of fused-ring (bicyclic) bond motifs is 1. The zero-order valence-electron chi connectivity index (χ0n) is 15.9. The molecule has 0 amide bonds. The second-order valence-electron chi connectivity index (χ2n) is 7.68. The Balaban J connectivity index is 1.40. The zero-order chi connectivity index (χ0) is 20.0. The molecule has 2 fully saturated rings. The number of rotatable bonds is 4. The molecular formula is C20H21ClFN5OS. The summed E-state index contributed by atoms with van der Waals surface area (Å²) >= 11 is 7.90. The van der Waals surface area contributed by atoms with Crippen molar-refractivity contribution in [2.75, 3.05) is 31.6 Å². The molecule has 4 heterocycles. The Labute approximate surface area is 177 Å². The van der Waals surface area contributed by atoms with E-state index in [0.29, 0.717) is 36.8 Å². The minimum absolute atomic E-state index is 0.223. The van der Waals surface area contributed by atoms with Crippen molar-refractivity contribution in [2.24, 2.45) is 0 Å². The van der Waals surface area contributed by atoms with Gasteiger partial charge in [0.05, 0.1) is 30.5 Å². The van der Waals surface area contributed by atoms with E-state index in [9.17, 15) is 0 Å². The monoisotopic (exact) mass is 433 g/mol. The van der Waals surface area contributed by atoms with E-state index in [4.69, 9.17) is 16.3 Å². The van der Waals surface area contributed by atoms with Crippen molar-refractivity contribution in [3.8, 4) is 0 Å². The van der Waals surface area contributed by atoms with E-state index >= 15 is 4.39 Å². The standard InChI is InChI=1S/C20H21ClFN5OS/c1-11-4-19(29-26-11)25-20-23-7-12-5-16(21)15(6-18(12)24-20)14-2-3-27(8-17(14)22)13-9-28-10-13/h4-7,13-14,17H,2-3,8-10H2,1H3,(H,23,24,25)/t14-,17+/m1/s1. The highest BCUT2D eigenvalue weighted by molar-refractivity contribution is 7.10. The topological polar surface area (TPSA) is 63.2 Å². The molecule has 2 aliphatic rings. The third-order valence-corrected chi connectivity index (χ3v) is 6.79. The molecule has 2 saturated heterocycles. The minimum atomic E-state index is -0.959. The normalized spacial score (nSPS) is 23.3. The summed E-state index contributed by atoms with van der Waals surface area (Å²) in [6.45, 7) is 4.64. The fourth-order valence-corrected chi connectivity index (χ4v) is 4.96. The number of aromatic nitrogens is 3. The summed E-state index contributed by atoms with van der Waals surface area (Å²) in [6, 6.07) is 6.06. The van der Waals surface area contributed by atoms with Gasteiger partial charge in [-0.2, -0.15) is 4.37 Å². The van der Waals surface area contributed by atoms with Crippen molar-refractivity contribution < 1.29 is 9.13 Å². The van der Waals surface area contributed by atoms with Gasteiger partial charge < -0.3 is 10.1 Å². The zero-order valence-corrected chi connectivity index (χ0v) is 17.5. The molecule has 1 N–H and O–H groups in total. The van der Waals surface area contributed by atoms with Crippen LogP contribution in [0.1, 0.15) is 23.6 Å². The van der Waals surface area contributed by atoms with Gasteiger partial charge in [0.25, 0.3) is 0 Å². The van der Waals surface area contributed by atoms with E-state index < -0.39 is 6.17 Å². The molecule has 3 aromatic rings. The fourth-order valence-electron chi connectivity index (χ4n) is 3.99. The highest BCUT2D eigenvalue weighted by Crippen LogP contribution is 2.37. The lowest BCUT2D eigenvalue weighted by atomic mass is 9.86. The smallest absolute Gasteiger partial charge is 0.228 e. The number of nitrogens with one attached hydrogen (secondary N) is 1. The number of hydrogen-bond acceptors (Lipinski definition) is 7. The molecule has 9 heteroatoms. The molecule has 6 nitrogen and oxygen atoms in total. The van der Waals surface area contributed by atoms with Gasteiger partial charge in [0, 0.05) is 29.1 Å². The molecule has 0 unspecified atom stereocenters. The number of piperidine rings is 1. The maximum atomic E-state index is 15.1. The Hall–Kier alpha value is -1.87. The molecule has 0 radical (unpaired) electrons. The first kappa shape index (κ1) is 19.1. The molecule has 5 rings (SSSR count). The van der Waals surface area contributed by atoms with E-state index in [1.807, 2.05) is 25.1 Å². The third kappa shape index (κ3) is 3.82. The molecule has 2 aliphatic heterocycles. The molecule has 2 atom stereocenters. The van der Waals surface area contributed by atoms with E-state index in [0.717, 1.165) is 40.1 Å². The average Bonchev–Trinajstić information content (AvgIpc) is 3.05. The second kappa shape index (κ2) is 7.75. The Morgan fingerprint density at radius 3 is 2.86 bits per heavy atom. The number of anilines is 2. The van der Waals surface area contributed by atoms with Crippen LogP contribution in [0.2, 0.25) is 5.02 Å². The predicted octanol–water partition coefficient (Wildman–Crippen LogP) is 4.32. The van der Waals surface area contributed by atoms with Crippen LogP contribution in [0.15, 0.2) is 24.4 Å². The van der Waals surface area contributed by atoms with Gasteiger partial charge in [-0.25, -0.2) is 14.4 Å². The van der Waals surface area contributed by atoms with E-state index in [-0.39, 0.29) is 5.92 Å². The van der Waals surface area contributed by atoms with Crippen molar-refractivity contribution >= 4 is 45.0 Å². The molecule has 0 bridgehead atoms. The summed E-state index contributed by atoms with van der Waals surface area (Å²) < 4.78 is 24.6. The molecule has 152 valence electrons. The summed E-state index contributed by atoms with van der Waals surface area (Å²) in [5.41, 5.74) is 2.53. The summed E-state index contributed by atoms with van der Waals surface area (Å²) in [5.74, 6) is 0.269. The van der Waals surface area contributed by atoms with Gasteiger partial charge in [0.1, 0.15) is 11.2 Å². The molecule has 0 saturated carbocycles. The maximum absolute atomic E-state index is 15.1. The SMILES string of the molecule is Cc1cc(Nc2ncc3cc(Cl)c([C@H]4CCN(C5COC5)C[C@@H]4F)cc3n2)sn1. The average molecular weight is 434 g/mol. The van der Waals surface area contributed by atoms with Crippen LogP contribution in [0.3, 0.4) is 0 Å². The molecule has 1 aromatic carbocycles. The summed E-state index contributed by atoms with van der Waals surface area (Å²) in [5, 5.41) is 5.47. The first-order chi connectivity index (χ1) is 14.1. The maximum Gasteiger partial charge on any atom is 0.228 e. The van der Waals surface area contributed by atoms with Gasteiger partial charge in [0.15, 0.2) is 0 Å². The van der Waals surface area contributed by atoms with Crippen molar-refractivity contribution in [1.82, 2.24) is 19.2 Å². The van der Waals surface area contributed by atoms with Crippen LogP contribution in [0, 0.1) is 6.92 Å². The van der Waals surface area contributed by atoms with Crippen molar-refractivity contribution in [3.63, 3.8) is 0 Å². The van der Waals surface area contributed by atoms with Gasteiger partial charge in [-0.3, -0.25) is 4.90 Å². The fraction of sp³-hybridized carbons (Fsp3) is 0.450. The van der Waals surface area contributed by atoms with Crippen LogP contribution < -0.4 is 5.32 Å². The van der Waals surface area contributed by atoms with Gasteiger partial charge >= 0.3 is 0 Å². The Morgan fingerprint density at radius 1 is 1.31 bits per heavy atom. The predicted molar refractivity (Wildman–Crippen MR) is 113 cm³/mol. The van der Waals surface area contributed by atoms with Crippen molar-refractivity contribution in [2.45, 2.75) is 31.5 Å². The number of hydrogen-bond donors (Lipinski definition) is 1. The first-order valence-electron chi connectivity index (χ1n) is 9.69. The van der Waals surface area contributed by atoms with Crippen molar-refractivity contribution in [3.05, 3.63) is 40.7 Å². The van der Waals surface area contributed by atoms with Crippen LogP contribution in [0.25, 0.3) is 10.9 Å². The molecule has 2 aromatic heterocycles. The number of benzene rings is 1. The molecule has 0 aliphatic carbocycles. The van der Waals surface area contributed by atoms with E-state index in [1.54, 1.807) is 6.20 Å². The lowest BCUT2D eigenvalue weighted by molar-refractivity contribution is -0.0806. The first-order valence-corrected chi connectivity index (χ1v) is 10.8. The van der Waals surface area contributed by atoms with Crippen LogP contribution in [0.5, 0.6) is 0 Å². The van der Waals surface area contributed by atoms with Gasteiger partial charge in [-0.15, -0.1) is 0 Å². The Kier molecular flexibility index (Phi) is 5.11. The lowest BCUT2D eigenvalue weighted by Gasteiger charge is -2.43. The molecule has 29 heavy (non-hydrogen) atoms. The van der Waals surface area contributed by atoms with E-state index in [2.05, 4.69) is 24.6 Å². The van der Waals surface area contributed by atoms with Crippen molar-refractivity contribution in [1.29, 1.82) is 0 Å². The Morgan fingerprint density at radius 2 is 2.17 bits per heavy atom. The third-order valence-electron chi connectivity index (χ3n) is 5.67. The van der Waals surface area contributed by atoms with Crippen LogP contribution in [-0.2, 0) is 4.74 Å². The number of likely N-dealkylation sites (tertiary alicyclic amines) is 1. The second-order valence-corrected chi connectivity index (χ2v) is 8.89. The van der Waals surface area contributed by atoms with Gasteiger partial charge in [-0.05, 0) is 55.2 Å². The van der Waals surface area contributed by atoms with Crippen LogP contribution in [0.4, 0.5) is 15.3 Å². The largest absolute Gasteiger partial charge is 0.378 e. The number of nitrogens with zero attached hydrogens (tertiary/aromatic N) is 4. The Bertz CT molecular complexity index is 1040. The summed E-state index contributed by atoms with van der Waals surface area (Å²) in [7, 11) is 0. The quantitative estimate of drug-likeness (QED) is 0.661. The summed E-state index contributed by atoms with van der Waals surface area (Å²) in [4.78, 5) is 11.2. The van der Waals surface area contributed by atoms with Gasteiger partial charge in [-0.1, -0.05) is 11.6 Å². The highest BCUT2D eigenvalue weighted by atomic mass is 35.5. The highest BCUT2D eigenvalue weighted by Gasteiger charge is 2.36. The lowest BCUT2D eigenvalue weighted by Crippen LogP contribution is -2.54. The summed E-state index contributed by atoms with van der Waals surface area (Å²) in [6.07, 6.45) is 1.51. The van der Waals surface area contributed by atoms with Crippen LogP contribution in [-0.4, -0.2) is 57.8 Å². The molecular weight excluding hydrogens is 413 g/mol. The number of halogens is 2. The van der Waals surface area contributed by atoms with Gasteiger partial charge in [0.2, 0.25) is 5.95 Å². The van der Waals surface area contributed by atoms with Crippen LogP contribution >= 0.6 is 23.1 Å². The van der Waals surface area contributed by atoms with E-state index in [1.165, 1.54) is 11.5 Å². The number of aryl methyl sites for hydroxylation is 1. The minimum Gasteiger partial charge on any atom is -0.378 e. The number of alkyl halides is 1. The number of ether oxygens (including phenoxy) is 1. The molecule has 0 spiro atoms.